The van der Waals surface area contributed by atoms with Crippen LogP contribution in [-0.4, -0.2) is 9.13 Å². The first-order chi connectivity index (χ1) is 64.3. The van der Waals surface area contributed by atoms with Crippen molar-refractivity contribution < 1.29 is 0 Å². The monoisotopic (exact) mass is 1760 g/mol. The number of anilines is 5. The molecule has 24 rings (SSSR count). The van der Waals surface area contributed by atoms with E-state index in [9.17, 15) is 0 Å². The summed E-state index contributed by atoms with van der Waals surface area (Å²) in [5.74, 6) is 0. The molecule has 0 radical (unpaired) electrons. The molecule has 0 unspecified atom stereocenters. The Morgan fingerprint density at radius 1 is 0.205 bits per heavy atom. The molecule has 0 saturated heterocycles. The molecule has 2 aromatic heterocycles. The van der Waals surface area contributed by atoms with E-state index < -0.39 is 0 Å². The van der Waals surface area contributed by atoms with Gasteiger partial charge in [-0.15, -0.1) is 0 Å². The number of nitrogens with one attached hydrogen (secondary N) is 1. The van der Waals surface area contributed by atoms with Gasteiger partial charge in [-0.1, -0.05) is 379 Å². The van der Waals surface area contributed by atoms with Gasteiger partial charge in [0.2, 0.25) is 0 Å². The third-order valence-corrected chi connectivity index (χ3v) is 27.2. The maximum Gasteiger partial charge on any atom is 0.0541 e. The predicted molar refractivity (Wildman–Crippen MR) is 565 cm³/mol. The highest BCUT2D eigenvalue weighted by Gasteiger charge is 2.38. The fourth-order valence-corrected chi connectivity index (χ4v) is 20.3. The Morgan fingerprint density at radius 3 is 0.841 bits per heavy atom. The second-order valence-electron chi connectivity index (χ2n) is 35.4. The number of benzene rings is 20. The molecule has 2 heterocycles. The number of aromatic nitrogens is 2. The maximum atomic E-state index is 3.68. The lowest BCUT2D eigenvalue weighted by Crippen LogP contribution is -2.16. The lowest BCUT2D eigenvalue weighted by atomic mass is 9.81. The van der Waals surface area contributed by atoms with Gasteiger partial charge in [0.25, 0.3) is 0 Å². The number of rotatable bonds is 15. The van der Waals surface area contributed by atoms with Gasteiger partial charge < -0.3 is 19.4 Å². The van der Waals surface area contributed by atoms with Crippen LogP contribution in [0.25, 0.3) is 166 Å². The summed E-state index contributed by atoms with van der Waals surface area (Å²) in [5.41, 5.74) is 42.9. The van der Waals surface area contributed by atoms with Gasteiger partial charge in [0, 0.05) is 76.7 Å². The van der Waals surface area contributed by atoms with Crippen LogP contribution in [0.3, 0.4) is 0 Å². The summed E-state index contributed by atoms with van der Waals surface area (Å²) >= 11 is 3.68. The highest BCUT2D eigenvalue weighted by molar-refractivity contribution is 9.10. The van der Waals surface area contributed by atoms with Gasteiger partial charge in [0.05, 0.1) is 22.1 Å². The lowest BCUT2D eigenvalue weighted by Gasteiger charge is -2.28. The molecule has 0 fully saturated rings. The Bertz CT molecular complexity index is 7810. The van der Waals surface area contributed by atoms with E-state index in [-0.39, 0.29) is 18.3 Å². The summed E-state index contributed by atoms with van der Waals surface area (Å²) in [6, 6.07) is 176. The van der Waals surface area contributed by atoms with Crippen molar-refractivity contribution in [1.82, 2.24) is 9.13 Å². The van der Waals surface area contributed by atoms with Gasteiger partial charge >= 0.3 is 0 Å². The Morgan fingerprint density at radius 2 is 0.462 bits per heavy atom. The molecule has 0 spiro atoms. The number of hydrogen-bond acceptors (Lipinski definition) is 2. The van der Waals surface area contributed by atoms with Crippen molar-refractivity contribution in [3.63, 3.8) is 0 Å². The molecule has 132 heavy (non-hydrogen) atoms. The van der Waals surface area contributed by atoms with E-state index in [1.807, 2.05) is 12.1 Å². The van der Waals surface area contributed by atoms with Crippen molar-refractivity contribution in [3.8, 4) is 123 Å². The standard InChI is InChI=1S/C63H46N2.C39H28BrN.C24H19N.CH4/c1-63(2)59-41-50(48-20-14-19-47(39-48)49-30-38-62-58(40-49)57-23-12-13-24-61(57)65(62)51-21-10-5-11-22-51)29-36-55(59)56-37-35-54(42-60(56)63)64(52-31-25-45(26-32-52)43-15-6-3-7-16-43)53-33-27-46(28-34-53)44-17-8-4-9-18-44;1-39(2)35-23-28(15-18-31(35)32-19-17-29(40)24-36(32)39)26-10-8-9-25(21-26)27-16-20-38-34(22-27)33-13-6-7-14-37(33)41(38)30-11-4-3-5-12-30;1-3-7-19(8-4-1)21-11-15-23(16-12-21)25-24-17-13-22(14-18-24)20-9-5-2-6-10-20;/h3-42H,1-2H3;3-24H,1-2H3;1-18,25H;1H4. The number of fused-ring (bicyclic) bond motifs is 12. The number of para-hydroxylation sites is 4. The van der Waals surface area contributed by atoms with Crippen LogP contribution in [0.4, 0.5) is 28.4 Å². The van der Waals surface area contributed by atoms with Crippen LogP contribution in [0.15, 0.2) is 490 Å². The SMILES string of the molecule is C.CC1(C)c2cc(-c3cccc(-c4ccc5c(c4)c4ccccc4n5-c4ccccc4)c3)ccc2-c2ccc(N(c3ccc(-c4ccccc4)cc3)c3ccc(-c4ccccc4)cc3)cc21.CC1(C)c2cc(Br)ccc2-c2ccc(-c3cccc(-c4ccc5c(c4)c4ccccc4n5-c4ccccc4)c3)cc21.c1ccc(-c2ccc(Nc3ccc(-c4ccccc4)cc3)cc2)cc1. The third-order valence-electron chi connectivity index (χ3n) is 26.7. The van der Waals surface area contributed by atoms with Crippen LogP contribution in [0.1, 0.15) is 57.4 Å². The highest BCUT2D eigenvalue weighted by Crippen LogP contribution is 2.54. The van der Waals surface area contributed by atoms with Gasteiger partial charge in [-0.05, 0) is 291 Å². The van der Waals surface area contributed by atoms with Crippen molar-refractivity contribution >= 4 is 88.0 Å². The van der Waals surface area contributed by atoms with E-state index in [0.29, 0.717) is 0 Å². The van der Waals surface area contributed by atoms with Gasteiger partial charge in [-0.2, -0.15) is 0 Å². The Balaban J connectivity index is 0.000000133. The molecule has 1 N–H and O–H groups in total. The number of hydrogen-bond donors (Lipinski definition) is 1. The first-order valence-electron chi connectivity index (χ1n) is 45.2. The number of halogens is 1. The van der Waals surface area contributed by atoms with Crippen molar-refractivity contribution in [2.75, 3.05) is 10.2 Å². The average molecular weight is 1760 g/mol. The smallest absolute Gasteiger partial charge is 0.0541 e. The molecule has 0 atom stereocenters. The summed E-state index contributed by atoms with van der Waals surface area (Å²) in [5, 5.41) is 8.53. The molecule has 4 nitrogen and oxygen atoms in total. The van der Waals surface area contributed by atoms with Crippen LogP contribution in [0, 0.1) is 0 Å². The van der Waals surface area contributed by atoms with E-state index in [4.69, 9.17) is 0 Å². The Hall–Kier alpha value is -15.9. The fraction of sp³-hybridized carbons (Fsp3) is 0.0551. The first kappa shape index (κ1) is 83.0. The van der Waals surface area contributed by atoms with E-state index in [1.54, 1.807) is 0 Å². The molecule has 0 bridgehead atoms. The minimum absolute atomic E-state index is 0. The minimum Gasteiger partial charge on any atom is -0.356 e. The topological polar surface area (TPSA) is 25.1 Å². The van der Waals surface area contributed by atoms with E-state index in [1.165, 1.54) is 189 Å². The third kappa shape index (κ3) is 15.8. The van der Waals surface area contributed by atoms with Gasteiger partial charge in [-0.3, -0.25) is 0 Å². The van der Waals surface area contributed by atoms with Crippen LogP contribution in [-0.2, 0) is 10.8 Å². The fourth-order valence-electron chi connectivity index (χ4n) is 19.9. The predicted octanol–water partition coefficient (Wildman–Crippen LogP) is 35.8. The first-order valence-corrected chi connectivity index (χ1v) is 46.0. The lowest BCUT2D eigenvalue weighted by molar-refractivity contribution is 0.660. The molecular weight excluding hydrogens is 1660 g/mol. The Labute approximate surface area is 782 Å². The summed E-state index contributed by atoms with van der Waals surface area (Å²) < 4.78 is 5.88. The molecule has 632 valence electrons. The van der Waals surface area contributed by atoms with Crippen LogP contribution in [0.2, 0.25) is 0 Å². The largest absolute Gasteiger partial charge is 0.356 e. The van der Waals surface area contributed by atoms with Crippen molar-refractivity contribution in [3.05, 3.63) is 512 Å². The van der Waals surface area contributed by atoms with E-state index >= 15 is 0 Å². The second-order valence-corrected chi connectivity index (χ2v) is 36.3. The van der Waals surface area contributed by atoms with Gasteiger partial charge in [-0.25, -0.2) is 0 Å². The second kappa shape index (κ2) is 35.3. The van der Waals surface area contributed by atoms with Crippen molar-refractivity contribution in [1.29, 1.82) is 0 Å². The van der Waals surface area contributed by atoms with Crippen LogP contribution in [0.5, 0.6) is 0 Å². The molecule has 22 aromatic rings. The molecule has 2 aliphatic carbocycles. The molecule has 2 aliphatic rings. The maximum absolute atomic E-state index is 3.68. The summed E-state index contributed by atoms with van der Waals surface area (Å²) in [6.45, 7) is 9.45. The zero-order valence-electron chi connectivity index (χ0n) is 73.4. The average Bonchev–Trinajstić information content (AvgIpc) is 1.59. The van der Waals surface area contributed by atoms with Crippen molar-refractivity contribution in [2.24, 2.45) is 0 Å². The molecule has 20 aromatic carbocycles. The Kier molecular flexibility index (Phi) is 22.2. The zero-order valence-corrected chi connectivity index (χ0v) is 75.0. The highest BCUT2D eigenvalue weighted by atomic mass is 79.9. The van der Waals surface area contributed by atoms with Crippen LogP contribution >= 0.6 is 15.9 Å². The molecular formula is C127H97BrN4. The molecule has 0 aliphatic heterocycles. The minimum atomic E-state index is -0.216. The van der Waals surface area contributed by atoms with E-state index in [2.05, 4.69) is 536 Å². The zero-order chi connectivity index (χ0) is 88.1. The molecule has 0 saturated carbocycles. The van der Waals surface area contributed by atoms with Gasteiger partial charge in [0.1, 0.15) is 0 Å². The quantitative estimate of drug-likeness (QED) is 0.111. The van der Waals surface area contributed by atoms with Crippen molar-refractivity contribution in [2.45, 2.75) is 46.0 Å². The van der Waals surface area contributed by atoms with E-state index in [0.717, 1.165) is 32.9 Å². The molecule has 5 heteroatoms. The summed E-state index contributed by atoms with van der Waals surface area (Å²) in [6.07, 6.45) is 0. The molecule has 0 amide bonds. The number of nitrogens with zero attached hydrogens (tertiary/aromatic N) is 3. The van der Waals surface area contributed by atoms with Gasteiger partial charge in [0.15, 0.2) is 0 Å². The summed E-state index contributed by atoms with van der Waals surface area (Å²) in [4.78, 5) is 2.40. The van der Waals surface area contributed by atoms with Crippen LogP contribution < -0.4 is 10.2 Å². The summed E-state index contributed by atoms with van der Waals surface area (Å²) in [7, 11) is 0. The normalized spacial score (nSPS) is 12.3.